The second kappa shape index (κ2) is 10.00. The summed E-state index contributed by atoms with van der Waals surface area (Å²) in [6.45, 7) is 3.21. The molecule has 1 aromatic heterocycles. The van der Waals surface area contributed by atoms with Gasteiger partial charge in [-0.15, -0.1) is 11.8 Å². The summed E-state index contributed by atoms with van der Waals surface area (Å²) in [4.78, 5) is 4.75. The molecule has 0 saturated heterocycles. The van der Waals surface area contributed by atoms with Gasteiger partial charge in [-0.05, 0) is 59.9 Å². The molecule has 1 aliphatic heterocycles. The minimum absolute atomic E-state index is 0.494. The van der Waals surface area contributed by atoms with Crippen molar-refractivity contribution in [2.45, 2.75) is 43.5 Å². The number of H-pyrrole nitrogens is 1. The summed E-state index contributed by atoms with van der Waals surface area (Å²) in [5, 5.41) is 4.98. The summed E-state index contributed by atoms with van der Waals surface area (Å²) < 4.78 is 0. The zero-order valence-corrected chi connectivity index (χ0v) is 18.0. The van der Waals surface area contributed by atoms with E-state index in [1.54, 1.807) is 0 Å². The Labute approximate surface area is 178 Å². The molecule has 2 heterocycles. The number of benzene rings is 2. The van der Waals surface area contributed by atoms with Crippen LogP contribution in [0.3, 0.4) is 0 Å². The Kier molecular flexibility index (Phi) is 6.91. The van der Waals surface area contributed by atoms with Gasteiger partial charge in [0.15, 0.2) is 0 Å². The van der Waals surface area contributed by atoms with Crippen LogP contribution in [0, 0.1) is 0 Å². The first-order valence-electron chi connectivity index (χ1n) is 10.7. The molecule has 3 heteroatoms. The lowest BCUT2D eigenvalue weighted by atomic mass is 9.93. The van der Waals surface area contributed by atoms with E-state index >= 15 is 0 Å². The molecule has 2 N–H and O–H groups in total. The number of aromatic nitrogens is 1. The highest BCUT2D eigenvalue weighted by Gasteiger charge is 2.15. The topological polar surface area (TPSA) is 27.8 Å². The summed E-state index contributed by atoms with van der Waals surface area (Å²) in [5.74, 6) is 1.18. The standard InChI is InChI=1S/C26H30N2S/c1-2-3-18-29-26-13-12-25-23(15-17-28-25)24(26)11-7-10-22-19-21(14-16-27-22)20-8-5-4-6-9-20/h4-9,11-15,17,22,27-28H,2-3,10,16,18-19H2,1H3. The van der Waals surface area contributed by atoms with Crippen LogP contribution in [0.4, 0.5) is 0 Å². The van der Waals surface area contributed by atoms with E-state index < -0.39 is 0 Å². The van der Waals surface area contributed by atoms with Crippen LogP contribution in [0.1, 0.15) is 43.7 Å². The van der Waals surface area contributed by atoms with Crippen molar-refractivity contribution in [1.82, 2.24) is 10.3 Å². The molecule has 29 heavy (non-hydrogen) atoms. The number of hydrogen-bond donors (Lipinski definition) is 2. The predicted molar refractivity (Wildman–Crippen MR) is 128 cm³/mol. The van der Waals surface area contributed by atoms with Crippen LogP contribution in [-0.2, 0) is 0 Å². The van der Waals surface area contributed by atoms with E-state index in [9.17, 15) is 0 Å². The summed E-state index contributed by atoms with van der Waals surface area (Å²) in [6.07, 6.45) is 13.7. The number of fused-ring (bicyclic) bond motifs is 1. The van der Waals surface area contributed by atoms with E-state index in [4.69, 9.17) is 0 Å². The van der Waals surface area contributed by atoms with Crippen LogP contribution in [0.2, 0.25) is 0 Å². The van der Waals surface area contributed by atoms with Crippen LogP contribution < -0.4 is 5.32 Å². The van der Waals surface area contributed by atoms with Gasteiger partial charge in [-0.3, -0.25) is 0 Å². The molecule has 4 rings (SSSR count). The van der Waals surface area contributed by atoms with Gasteiger partial charge in [-0.2, -0.15) is 0 Å². The molecular weight excluding hydrogens is 372 g/mol. The third kappa shape index (κ3) is 5.04. The maximum absolute atomic E-state index is 3.65. The molecular formula is C26H30N2S. The molecule has 3 aromatic rings. The van der Waals surface area contributed by atoms with E-state index in [1.165, 1.54) is 51.1 Å². The van der Waals surface area contributed by atoms with E-state index in [-0.39, 0.29) is 0 Å². The summed E-state index contributed by atoms with van der Waals surface area (Å²) in [7, 11) is 0. The predicted octanol–water partition coefficient (Wildman–Crippen LogP) is 6.91. The van der Waals surface area contributed by atoms with Gasteiger partial charge in [-0.25, -0.2) is 0 Å². The summed E-state index contributed by atoms with van der Waals surface area (Å²) in [6, 6.07) is 18.0. The lowest BCUT2D eigenvalue weighted by molar-refractivity contribution is 0.542. The number of rotatable bonds is 8. The number of thioether (sulfide) groups is 1. The largest absolute Gasteiger partial charge is 0.361 e. The molecule has 150 valence electrons. The fraction of sp³-hybridized carbons (Fsp3) is 0.308. The first-order valence-corrected chi connectivity index (χ1v) is 11.7. The maximum atomic E-state index is 3.65. The normalized spacial score (nSPS) is 17.1. The molecule has 1 unspecified atom stereocenters. The minimum Gasteiger partial charge on any atom is -0.361 e. The van der Waals surface area contributed by atoms with E-state index in [1.807, 2.05) is 18.0 Å². The highest BCUT2D eigenvalue weighted by Crippen LogP contribution is 2.31. The van der Waals surface area contributed by atoms with Crippen molar-refractivity contribution in [3.63, 3.8) is 0 Å². The van der Waals surface area contributed by atoms with Crippen molar-refractivity contribution in [1.29, 1.82) is 0 Å². The Balaban J connectivity index is 1.46. The first-order chi connectivity index (χ1) is 14.3. The van der Waals surface area contributed by atoms with Crippen molar-refractivity contribution < 1.29 is 0 Å². The van der Waals surface area contributed by atoms with Gasteiger partial charge < -0.3 is 10.3 Å². The average Bonchev–Trinajstić information content (AvgIpc) is 3.25. The Morgan fingerprint density at radius 2 is 2.00 bits per heavy atom. The molecule has 2 nitrogen and oxygen atoms in total. The Morgan fingerprint density at radius 3 is 2.86 bits per heavy atom. The second-order valence-electron chi connectivity index (χ2n) is 7.66. The van der Waals surface area contributed by atoms with Gasteiger partial charge in [0, 0.05) is 34.6 Å². The molecule has 0 aliphatic carbocycles. The van der Waals surface area contributed by atoms with Crippen LogP contribution >= 0.6 is 11.8 Å². The lowest BCUT2D eigenvalue weighted by Crippen LogP contribution is -2.32. The Hall–Kier alpha value is -2.23. The highest BCUT2D eigenvalue weighted by atomic mass is 32.2. The molecule has 1 atom stereocenters. The van der Waals surface area contributed by atoms with Crippen molar-refractivity contribution in [3.8, 4) is 0 Å². The molecule has 0 saturated carbocycles. The number of nitrogens with one attached hydrogen (secondary N) is 2. The van der Waals surface area contributed by atoms with E-state index in [0.29, 0.717) is 6.04 Å². The second-order valence-corrected chi connectivity index (χ2v) is 8.80. The van der Waals surface area contributed by atoms with Crippen LogP contribution in [0.15, 0.2) is 71.8 Å². The van der Waals surface area contributed by atoms with Gasteiger partial charge in [0.1, 0.15) is 0 Å². The van der Waals surface area contributed by atoms with Gasteiger partial charge in [-0.1, -0.05) is 61.9 Å². The Morgan fingerprint density at radius 1 is 1.10 bits per heavy atom. The zero-order chi connectivity index (χ0) is 19.9. The number of aromatic amines is 1. The van der Waals surface area contributed by atoms with Gasteiger partial charge in [0.05, 0.1) is 0 Å². The van der Waals surface area contributed by atoms with Crippen LogP contribution in [0.25, 0.3) is 22.6 Å². The monoisotopic (exact) mass is 402 g/mol. The van der Waals surface area contributed by atoms with Crippen molar-refractivity contribution in [2.75, 3.05) is 12.3 Å². The average molecular weight is 403 g/mol. The fourth-order valence-electron chi connectivity index (χ4n) is 3.94. The lowest BCUT2D eigenvalue weighted by Gasteiger charge is -2.23. The van der Waals surface area contributed by atoms with Gasteiger partial charge in [0.25, 0.3) is 0 Å². The molecule has 0 amide bonds. The highest BCUT2D eigenvalue weighted by molar-refractivity contribution is 7.99. The molecule has 0 spiro atoms. The summed E-state index contributed by atoms with van der Waals surface area (Å²) >= 11 is 1.98. The quantitative estimate of drug-likeness (QED) is 0.316. The van der Waals surface area contributed by atoms with Gasteiger partial charge >= 0.3 is 0 Å². The molecule has 2 aromatic carbocycles. The third-order valence-corrected chi connectivity index (χ3v) is 6.72. The van der Waals surface area contributed by atoms with Crippen molar-refractivity contribution >= 4 is 34.3 Å². The zero-order valence-electron chi connectivity index (χ0n) is 17.2. The molecule has 0 radical (unpaired) electrons. The summed E-state index contributed by atoms with van der Waals surface area (Å²) in [5.41, 5.74) is 5.40. The Bertz CT molecular complexity index is 984. The van der Waals surface area contributed by atoms with Crippen molar-refractivity contribution in [3.05, 3.63) is 78.0 Å². The van der Waals surface area contributed by atoms with Crippen LogP contribution in [-0.4, -0.2) is 23.3 Å². The first kappa shape index (κ1) is 20.1. The molecule has 0 bridgehead atoms. The number of unbranched alkanes of at least 4 members (excludes halogenated alkanes) is 1. The molecule has 0 fully saturated rings. The van der Waals surface area contributed by atoms with Crippen molar-refractivity contribution in [2.24, 2.45) is 0 Å². The van der Waals surface area contributed by atoms with Gasteiger partial charge in [0.2, 0.25) is 0 Å². The fourth-order valence-corrected chi connectivity index (χ4v) is 5.09. The number of hydrogen-bond acceptors (Lipinski definition) is 2. The van der Waals surface area contributed by atoms with E-state index in [0.717, 1.165) is 19.4 Å². The maximum Gasteiger partial charge on any atom is 0.0460 e. The van der Waals surface area contributed by atoms with E-state index in [2.05, 4.69) is 84.0 Å². The minimum atomic E-state index is 0.494. The smallest absolute Gasteiger partial charge is 0.0460 e. The third-order valence-electron chi connectivity index (χ3n) is 5.56. The van der Waals surface area contributed by atoms with Crippen LogP contribution in [0.5, 0.6) is 0 Å². The molecule has 1 aliphatic rings. The SMILES string of the molecule is CCCCSc1ccc2[nH]ccc2c1C=CCC1CC(c2ccccc2)=CCN1.